The standard InChI is InChI=1S/C17H22F3NO4/c1-2-7-16(15(23)24)8-9-21(11-14(16)22)10-12-5-3-4-6-13(12)25-17(18,19)20/h3-6,14,22H,2,7-11H2,1H3,(H,23,24)/t14-,16-/m0/s1. The van der Waals surface area contributed by atoms with Crippen LogP contribution in [0.4, 0.5) is 13.2 Å². The first kappa shape index (κ1) is 19.5. The van der Waals surface area contributed by atoms with E-state index >= 15 is 0 Å². The van der Waals surface area contributed by atoms with Crippen molar-refractivity contribution in [2.45, 2.75) is 45.2 Å². The molecule has 0 saturated carbocycles. The van der Waals surface area contributed by atoms with Crippen LogP contribution in [-0.4, -0.2) is 46.6 Å². The summed E-state index contributed by atoms with van der Waals surface area (Å²) >= 11 is 0. The Morgan fingerprint density at radius 3 is 2.64 bits per heavy atom. The lowest BCUT2D eigenvalue weighted by atomic mass is 9.73. The van der Waals surface area contributed by atoms with Gasteiger partial charge in [0.25, 0.3) is 0 Å². The summed E-state index contributed by atoms with van der Waals surface area (Å²) in [5.74, 6) is -1.31. The van der Waals surface area contributed by atoms with Crippen LogP contribution < -0.4 is 4.74 Å². The number of rotatable bonds is 6. The number of carboxylic acids is 1. The van der Waals surface area contributed by atoms with Crippen molar-refractivity contribution in [1.29, 1.82) is 0 Å². The van der Waals surface area contributed by atoms with E-state index < -0.39 is 23.9 Å². The van der Waals surface area contributed by atoms with E-state index in [1.54, 1.807) is 11.0 Å². The Balaban J connectivity index is 2.10. The largest absolute Gasteiger partial charge is 0.573 e. The van der Waals surface area contributed by atoms with Gasteiger partial charge in [-0.05, 0) is 25.5 Å². The quantitative estimate of drug-likeness (QED) is 0.815. The van der Waals surface area contributed by atoms with E-state index in [1.807, 2.05) is 6.92 Å². The number of aliphatic hydroxyl groups is 1. The van der Waals surface area contributed by atoms with E-state index in [4.69, 9.17) is 0 Å². The van der Waals surface area contributed by atoms with Gasteiger partial charge in [-0.3, -0.25) is 9.69 Å². The zero-order chi connectivity index (χ0) is 18.7. The van der Waals surface area contributed by atoms with Crippen LogP contribution in [0.2, 0.25) is 0 Å². The number of halogens is 3. The number of hydrogen-bond donors (Lipinski definition) is 2. The van der Waals surface area contributed by atoms with Gasteiger partial charge in [-0.15, -0.1) is 13.2 Å². The second-order valence-electron chi connectivity index (χ2n) is 6.37. The van der Waals surface area contributed by atoms with Gasteiger partial charge in [-0.25, -0.2) is 0 Å². The lowest BCUT2D eigenvalue weighted by molar-refractivity contribution is -0.275. The molecule has 0 aromatic heterocycles. The molecule has 0 amide bonds. The van der Waals surface area contributed by atoms with Crippen LogP contribution in [0.15, 0.2) is 24.3 Å². The fourth-order valence-electron chi connectivity index (χ4n) is 3.37. The van der Waals surface area contributed by atoms with Crippen molar-refractivity contribution in [2.24, 2.45) is 5.41 Å². The minimum Gasteiger partial charge on any atom is -0.481 e. The molecule has 25 heavy (non-hydrogen) atoms. The average molecular weight is 361 g/mol. The number of likely N-dealkylation sites (tertiary alicyclic amines) is 1. The van der Waals surface area contributed by atoms with Gasteiger partial charge in [0.2, 0.25) is 0 Å². The summed E-state index contributed by atoms with van der Waals surface area (Å²) in [6.45, 7) is 2.47. The number of carboxylic acid groups (broad SMARTS) is 1. The maximum absolute atomic E-state index is 12.5. The molecule has 5 nitrogen and oxygen atoms in total. The van der Waals surface area contributed by atoms with Crippen LogP contribution >= 0.6 is 0 Å². The molecule has 8 heteroatoms. The van der Waals surface area contributed by atoms with Crippen molar-refractivity contribution in [3.8, 4) is 5.75 Å². The van der Waals surface area contributed by atoms with Crippen molar-refractivity contribution in [3.63, 3.8) is 0 Å². The highest BCUT2D eigenvalue weighted by Gasteiger charge is 2.47. The summed E-state index contributed by atoms with van der Waals surface area (Å²) < 4.78 is 41.5. The maximum Gasteiger partial charge on any atom is 0.573 e. The summed E-state index contributed by atoms with van der Waals surface area (Å²) in [6.07, 6.45) is -4.61. The van der Waals surface area contributed by atoms with E-state index in [-0.39, 0.29) is 25.3 Å². The molecule has 2 rings (SSSR count). The molecule has 1 saturated heterocycles. The number of hydrogen-bond acceptors (Lipinski definition) is 4. The highest BCUT2D eigenvalue weighted by Crippen LogP contribution is 2.38. The van der Waals surface area contributed by atoms with Gasteiger partial charge in [0, 0.05) is 18.7 Å². The number of ether oxygens (including phenoxy) is 1. The molecule has 1 aliphatic rings. The van der Waals surface area contributed by atoms with E-state index in [0.717, 1.165) is 0 Å². The molecule has 1 fully saturated rings. The highest BCUT2D eigenvalue weighted by atomic mass is 19.4. The number of benzene rings is 1. The number of alkyl halides is 3. The van der Waals surface area contributed by atoms with Crippen molar-refractivity contribution in [3.05, 3.63) is 29.8 Å². The Morgan fingerprint density at radius 2 is 2.08 bits per heavy atom. The Morgan fingerprint density at radius 1 is 1.40 bits per heavy atom. The minimum absolute atomic E-state index is 0.0899. The van der Waals surface area contributed by atoms with Crippen molar-refractivity contribution >= 4 is 5.97 Å². The van der Waals surface area contributed by atoms with E-state index in [9.17, 15) is 28.2 Å². The topological polar surface area (TPSA) is 70.0 Å². The Labute approximate surface area is 144 Å². The van der Waals surface area contributed by atoms with E-state index in [1.165, 1.54) is 18.2 Å². The van der Waals surface area contributed by atoms with Gasteiger partial charge in [0.05, 0.1) is 11.5 Å². The third kappa shape index (κ3) is 4.64. The summed E-state index contributed by atoms with van der Waals surface area (Å²) in [7, 11) is 0. The molecule has 1 aliphatic heterocycles. The maximum atomic E-state index is 12.5. The van der Waals surface area contributed by atoms with Crippen molar-refractivity contribution < 1.29 is 32.9 Å². The summed E-state index contributed by atoms with van der Waals surface area (Å²) in [5.41, 5.74) is -0.849. The molecular formula is C17H22F3NO4. The number of aliphatic carboxylic acids is 1. The predicted octanol–water partition coefficient (Wildman–Crippen LogP) is 3.02. The molecule has 2 N–H and O–H groups in total. The summed E-state index contributed by atoms with van der Waals surface area (Å²) in [5, 5.41) is 19.9. The second-order valence-corrected chi connectivity index (χ2v) is 6.37. The molecule has 0 unspecified atom stereocenters. The van der Waals surface area contributed by atoms with Crippen LogP contribution in [0, 0.1) is 5.41 Å². The van der Waals surface area contributed by atoms with Crippen LogP contribution in [0.5, 0.6) is 5.75 Å². The Kier molecular flexibility index (Phi) is 5.95. The highest BCUT2D eigenvalue weighted by molar-refractivity contribution is 5.75. The monoisotopic (exact) mass is 361 g/mol. The van der Waals surface area contributed by atoms with Gasteiger partial charge in [-0.1, -0.05) is 31.5 Å². The molecule has 1 aromatic carbocycles. The molecule has 1 aromatic rings. The molecule has 1 heterocycles. The first-order valence-corrected chi connectivity index (χ1v) is 8.15. The number of nitrogens with zero attached hydrogens (tertiary/aromatic N) is 1. The van der Waals surface area contributed by atoms with Gasteiger partial charge in [-0.2, -0.15) is 0 Å². The molecular weight excluding hydrogens is 339 g/mol. The summed E-state index contributed by atoms with van der Waals surface area (Å²) in [6, 6.07) is 5.82. The summed E-state index contributed by atoms with van der Waals surface area (Å²) in [4.78, 5) is 13.4. The second kappa shape index (κ2) is 7.61. The number of piperidine rings is 1. The lowest BCUT2D eigenvalue weighted by Gasteiger charge is -2.42. The van der Waals surface area contributed by atoms with Crippen LogP contribution in [0.3, 0.4) is 0 Å². The van der Waals surface area contributed by atoms with Crippen molar-refractivity contribution in [1.82, 2.24) is 4.90 Å². The molecule has 0 aliphatic carbocycles. The molecule has 2 atom stereocenters. The first-order valence-electron chi connectivity index (χ1n) is 8.15. The van der Waals surface area contributed by atoms with E-state index in [0.29, 0.717) is 24.9 Å². The first-order chi connectivity index (χ1) is 11.7. The molecule has 140 valence electrons. The Bertz CT molecular complexity index is 608. The molecule has 0 spiro atoms. The van der Waals surface area contributed by atoms with Crippen molar-refractivity contribution in [2.75, 3.05) is 13.1 Å². The number of carbonyl (C=O) groups is 1. The third-order valence-corrected chi connectivity index (χ3v) is 4.66. The van der Waals surface area contributed by atoms with Crippen LogP contribution in [-0.2, 0) is 11.3 Å². The molecule has 0 bridgehead atoms. The normalized spacial score (nSPS) is 24.9. The fraction of sp³-hybridized carbons (Fsp3) is 0.588. The minimum atomic E-state index is -4.78. The van der Waals surface area contributed by atoms with E-state index in [2.05, 4.69) is 4.74 Å². The number of aliphatic hydroxyl groups excluding tert-OH is 1. The van der Waals surface area contributed by atoms with Gasteiger partial charge < -0.3 is 14.9 Å². The van der Waals surface area contributed by atoms with Gasteiger partial charge in [0.1, 0.15) is 5.75 Å². The van der Waals surface area contributed by atoms with Crippen LogP contribution in [0.1, 0.15) is 31.7 Å². The lowest BCUT2D eigenvalue weighted by Crippen LogP contribution is -2.54. The van der Waals surface area contributed by atoms with Gasteiger partial charge >= 0.3 is 12.3 Å². The number of β-amino-alcohol motifs (C(OH)–C–C–N with tert-alkyl or cyclic N) is 1. The molecule has 0 radical (unpaired) electrons. The SMILES string of the molecule is CCC[C@]1(C(=O)O)CCN(Cc2ccccc2OC(F)(F)F)C[C@@H]1O. The van der Waals surface area contributed by atoms with Gasteiger partial charge in [0.15, 0.2) is 0 Å². The predicted molar refractivity (Wildman–Crippen MR) is 84.0 cm³/mol. The fourth-order valence-corrected chi connectivity index (χ4v) is 3.37. The van der Waals surface area contributed by atoms with Crippen LogP contribution in [0.25, 0.3) is 0 Å². The average Bonchev–Trinajstić information content (AvgIpc) is 2.50. The zero-order valence-electron chi connectivity index (χ0n) is 13.9. The third-order valence-electron chi connectivity index (χ3n) is 4.66. The Hall–Kier alpha value is -1.80. The zero-order valence-corrected chi connectivity index (χ0v) is 13.9. The number of para-hydroxylation sites is 1. The smallest absolute Gasteiger partial charge is 0.481 e.